The first-order valence-electron chi connectivity index (χ1n) is 20.2. The molecule has 2 aromatic heterocycles. The molecular weight excluding hydrogens is 735 g/mol. The molecule has 0 amide bonds. The third kappa shape index (κ3) is 5.30. The fourth-order valence-electron chi connectivity index (χ4n) is 9.12. The fraction of sp³-hybridized carbons (Fsp3) is 0. The van der Waals surface area contributed by atoms with Crippen molar-refractivity contribution in [3.63, 3.8) is 0 Å². The number of rotatable bonds is 5. The molecule has 0 spiro atoms. The van der Waals surface area contributed by atoms with Gasteiger partial charge in [0, 0.05) is 27.8 Å². The SMILES string of the molecule is O=c1c2ccccc2oc2ccc(-c3cccc(-c4ccc5c(c4)c4cc(N6c7ccccc7N(c7ccccc7)c7ccccc76)ccc4n5-c4ccccc4)c3)cc12. The van der Waals surface area contributed by atoms with E-state index in [2.05, 4.69) is 184 Å². The van der Waals surface area contributed by atoms with E-state index in [0.717, 1.165) is 73.1 Å². The second-order valence-electron chi connectivity index (χ2n) is 15.3. The highest BCUT2D eigenvalue weighted by molar-refractivity contribution is 6.13. The Kier molecular flexibility index (Phi) is 7.62. The van der Waals surface area contributed by atoms with Crippen molar-refractivity contribution >= 4 is 77.9 Å². The van der Waals surface area contributed by atoms with Crippen LogP contribution in [0, 0.1) is 0 Å². The van der Waals surface area contributed by atoms with Crippen molar-refractivity contribution in [1.29, 1.82) is 0 Å². The number of nitrogens with zero attached hydrogens (tertiary/aromatic N) is 3. The van der Waals surface area contributed by atoms with Crippen molar-refractivity contribution < 1.29 is 4.42 Å². The zero-order valence-corrected chi connectivity index (χ0v) is 32.4. The van der Waals surface area contributed by atoms with E-state index in [1.54, 1.807) is 0 Å². The lowest BCUT2D eigenvalue weighted by Crippen LogP contribution is -2.23. The highest BCUT2D eigenvalue weighted by atomic mass is 16.3. The Morgan fingerprint density at radius 3 is 1.47 bits per heavy atom. The lowest BCUT2D eigenvalue weighted by atomic mass is 9.97. The highest BCUT2D eigenvalue weighted by Crippen LogP contribution is 2.54. The van der Waals surface area contributed by atoms with Crippen LogP contribution in [-0.2, 0) is 0 Å². The van der Waals surface area contributed by atoms with Gasteiger partial charge in [-0.3, -0.25) is 4.79 Å². The first-order valence-corrected chi connectivity index (χ1v) is 20.2. The predicted molar refractivity (Wildman–Crippen MR) is 248 cm³/mol. The standard InChI is InChI=1S/C55H35N3O2/c59-55-43-20-7-12-25-53(43)60-54-31-27-39(34-46(54)55)37-15-13-14-36(32-37)38-26-29-47-44(33-38)45-35-42(28-30-48(45)56(47)40-16-3-1-4-17-40)58-51-23-10-8-21-49(51)57(41-18-5-2-6-19-41)50-22-9-11-24-52(50)58/h1-35H. The summed E-state index contributed by atoms with van der Waals surface area (Å²) in [5, 5.41) is 3.50. The maximum absolute atomic E-state index is 13.5. The Morgan fingerprint density at radius 2 is 0.800 bits per heavy atom. The van der Waals surface area contributed by atoms with E-state index in [-0.39, 0.29) is 5.43 Å². The van der Waals surface area contributed by atoms with Gasteiger partial charge in [-0.05, 0) is 131 Å². The summed E-state index contributed by atoms with van der Waals surface area (Å²) in [6.45, 7) is 0. The zero-order chi connectivity index (χ0) is 39.7. The molecule has 0 N–H and O–H groups in total. The normalized spacial score (nSPS) is 12.3. The maximum Gasteiger partial charge on any atom is 0.200 e. The Hall–Kier alpha value is -8.15. The molecular formula is C55H35N3O2. The van der Waals surface area contributed by atoms with Crippen LogP contribution in [-0.4, -0.2) is 4.57 Å². The molecule has 11 aromatic rings. The van der Waals surface area contributed by atoms with Gasteiger partial charge in [0.1, 0.15) is 11.2 Å². The Bertz CT molecular complexity index is 3490. The van der Waals surface area contributed by atoms with Gasteiger partial charge in [0.25, 0.3) is 0 Å². The maximum atomic E-state index is 13.5. The van der Waals surface area contributed by atoms with E-state index >= 15 is 0 Å². The predicted octanol–water partition coefficient (Wildman–Crippen LogP) is 14.6. The molecule has 0 aliphatic carbocycles. The van der Waals surface area contributed by atoms with Gasteiger partial charge in [-0.1, -0.05) is 103 Å². The molecule has 9 aromatic carbocycles. The molecule has 0 radical (unpaired) electrons. The van der Waals surface area contributed by atoms with Crippen molar-refractivity contribution in [3.05, 3.63) is 223 Å². The first kappa shape index (κ1) is 33.9. The van der Waals surface area contributed by atoms with Crippen LogP contribution in [0.2, 0.25) is 0 Å². The Balaban J connectivity index is 1.02. The molecule has 0 bridgehead atoms. The molecule has 0 saturated carbocycles. The highest BCUT2D eigenvalue weighted by Gasteiger charge is 2.30. The molecule has 0 unspecified atom stereocenters. The van der Waals surface area contributed by atoms with Crippen LogP contribution in [0.15, 0.2) is 222 Å². The average Bonchev–Trinajstić information content (AvgIpc) is 3.64. The molecule has 0 saturated heterocycles. The van der Waals surface area contributed by atoms with E-state index in [1.807, 2.05) is 42.5 Å². The summed E-state index contributed by atoms with van der Waals surface area (Å²) in [6.07, 6.45) is 0. The quantitative estimate of drug-likeness (QED) is 0.164. The van der Waals surface area contributed by atoms with E-state index in [9.17, 15) is 4.79 Å². The molecule has 1 aliphatic heterocycles. The van der Waals surface area contributed by atoms with Crippen LogP contribution in [0.5, 0.6) is 0 Å². The summed E-state index contributed by atoms with van der Waals surface area (Å²) in [4.78, 5) is 18.3. The first-order chi connectivity index (χ1) is 29.7. The van der Waals surface area contributed by atoms with Gasteiger partial charge in [-0.25, -0.2) is 0 Å². The van der Waals surface area contributed by atoms with Gasteiger partial charge >= 0.3 is 0 Å². The minimum absolute atomic E-state index is 0.0190. The van der Waals surface area contributed by atoms with Gasteiger partial charge in [0.05, 0.1) is 44.6 Å². The van der Waals surface area contributed by atoms with Crippen LogP contribution in [0.25, 0.3) is 71.7 Å². The van der Waals surface area contributed by atoms with E-state index in [4.69, 9.17) is 4.42 Å². The lowest BCUT2D eigenvalue weighted by molar-refractivity contribution is 0.660. The van der Waals surface area contributed by atoms with Crippen LogP contribution in [0.3, 0.4) is 0 Å². The van der Waals surface area contributed by atoms with Crippen molar-refractivity contribution in [2.24, 2.45) is 0 Å². The summed E-state index contributed by atoms with van der Waals surface area (Å²) in [5.74, 6) is 0. The van der Waals surface area contributed by atoms with Crippen molar-refractivity contribution in [2.75, 3.05) is 9.80 Å². The second-order valence-corrected chi connectivity index (χ2v) is 15.3. The third-order valence-electron chi connectivity index (χ3n) is 11.9. The number of hydrogen-bond donors (Lipinski definition) is 0. The number of aromatic nitrogens is 1. The van der Waals surface area contributed by atoms with Crippen molar-refractivity contribution in [3.8, 4) is 27.9 Å². The summed E-state index contributed by atoms with van der Waals surface area (Å²) < 4.78 is 8.49. The number of anilines is 6. The molecule has 0 fully saturated rings. The summed E-state index contributed by atoms with van der Waals surface area (Å²) >= 11 is 0. The minimum atomic E-state index is -0.0190. The van der Waals surface area contributed by atoms with Gasteiger partial charge in [-0.2, -0.15) is 0 Å². The van der Waals surface area contributed by atoms with Crippen LogP contribution in [0.1, 0.15) is 0 Å². The second kappa shape index (κ2) is 13.5. The summed E-state index contributed by atoms with van der Waals surface area (Å²) in [6, 6.07) is 74.1. The minimum Gasteiger partial charge on any atom is -0.456 e. The smallest absolute Gasteiger partial charge is 0.200 e. The van der Waals surface area contributed by atoms with Gasteiger partial charge < -0.3 is 18.8 Å². The molecule has 60 heavy (non-hydrogen) atoms. The van der Waals surface area contributed by atoms with Crippen LogP contribution < -0.4 is 15.2 Å². The van der Waals surface area contributed by atoms with Crippen LogP contribution >= 0.6 is 0 Å². The number of benzene rings is 9. The average molecular weight is 770 g/mol. The molecule has 12 rings (SSSR count). The van der Waals surface area contributed by atoms with E-state index in [1.165, 1.54) is 10.8 Å². The Labute approximate surface area is 345 Å². The van der Waals surface area contributed by atoms with E-state index < -0.39 is 0 Å². The summed E-state index contributed by atoms with van der Waals surface area (Å²) in [7, 11) is 0. The number of fused-ring (bicyclic) bond motifs is 7. The molecule has 5 heteroatoms. The fourth-order valence-corrected chi connectivity index (χ4v) is 9.12. The molecule has 5 nitrogen and oxygen atoms in total. The molecule has 282 valence electrons. The largest absolute Gasteiger partial charge is 0.456 e. The Morgan fingerprint density at radius 1 is 0.317 bits per heavy atom. The van der Waals surface area contributed by atoms with Crippen molar-refractivity contribution in [1.82, 2.24) is 4.57 Å². The zero-order valence-electron chi connectivity index (χ0n) is 32.4. The number of para-hydroxylation sites is 7. The molecule has 3 heterocycles. The number of hydrogen-bond acceptors (Lipinski definition) is 4. The third-order valence-corrected chi connectivity index (χ3v) is 11.9. The van der Waals surface area contributed by atoms with Gasteiger partial charge in [0.2, 0.25) is 5.43 Å². The molecule has 0 atom stereocenters. The van der Waals surface area contributed by atoms with E-state index in [0.29, 0.717) is 21.9 Å². The van der Waals surface area contributed by atoms with Crippen molar-refractivity contribution in [2.45, 2.75) is 0 Å². The monoisotopic (exact) mass is 769 g/mol. The van der Waals surface area contributed by atoms with Gasteiger partial charge in [-0.15, -0.1) is 0 Å². The lowest BCUT2D eigenvalue weighted by Gasteiger charge is -2.40. The molecule has 1 aliphatic rings. The van der Waals surface area contributed by atoms with Crippen LogP contribution in [0.4, 0.5) is 34.1 Å². The topological polar surface area (TPSA) is 41.6 Å². The van der Waals surface area contributed by atoms with Gasteiger partial charge in [0.15, 0.2) is 0 Å². The summed E-state index contributed by atoms with van der Waals surface area (Å²) in [5.41, 5.74) is 15.4.